The van der Waals surface area contributed by atoms with Gasteiger partial charge >= 0.3 is 5.97 Å². The molecule has 5 N–H and O–H groups in total. The van der Waals surface area contributed by atoms with Crippen molar-refractivity contribution in [2.24, 2.45) is 52.3 Å². The predicted molar refractivity (Wildman–Crippen MR) is 187 cm³/mol. The topological polar surface area (TPSA) is 200 Å². The van der Waals surface area contributed by atoms with E-state index in [0.29, 0.717) is 54.8 Å². The van der Waals surface area contributed by atoms with Gasteiger partial charge in [-0.25, -0.2) is 0 Å². The Kier molecular flexibility index (Phi) is 10.6. The second-order valence-corrected chi connectivity index (χ2v) is 18.8. The number of carbonyl (C=O) groups excluding carboxylic acids is 2. The Balaban J connectivity index is 0.906. The molecule has 4 heterocycles. The van der Waals surface area contributed by atoms with Crippen molar-refractivity contribution >= 4 is 11.8 Å². The van der Waals surface area contributed by atoms with Crippen molar-refractivity contribution in [2.45, 2.75) is 166 Å². The van der Waals surface area contributed by atoms with Gasteiger partial charge in [0, 0.05) is 31.6 Å². The van der Waals surface area contributed by atoms with Gasteiger partial charge < -0.3 is 58.7 Å². The smallest absolute Gasteiger partial charge is 0.303 e. The molecule has 21 atom stereocenters. The van der Waals surface area contributed by atoms with Crippen molar-refractivity contribution in [3.05, 3.63) is 0 Å². The van der Waals surface area contributed by atoms with Crippen molar-refractivity contribution in [3.8, 4) is 0 Å². The summed E-state index contributed by atoms with van der Waals surface area (Å²) in [6.45, 7) is 10.6. The van der Waals surface area contributed by atoms with E-state index in [1.54, 1.807) is 0 Å². The predicted octanol–water partition coefficient (Wildman–Crippen LogP) is 1.83. The van der Waals surface area contributed by atoms with Crippen molar-refractivity contribution in [3.63, 3.8) is 0 Å². The quantitative estimate of drug-likeness (QED) is 0.194. The highest BCUT2D eigenvalue weighted by atomic mass is 16.7. The summed E-state index contributed by atoms with van der Waals surface area (Å²) in [6, 6.07) is 0. The van der Waals surface area contributed by atoms with Crippen LogP contribution in [0.25, 0.3) is 0 Å². The highest BCUT2D eigenvalue weighted by Gasteiger charge is 2.70. The molecule has 0 amide bonds. The lowest BCUT2D eigenvalue weighted by Gasteiger charge is -2.60. The summed E-state index contributed by atoms with van der Waals surface area (Å²) in [4.78, 5) is 25.9. The van der Waals surface area contributed by atoms with Crippen LogP contribution >= 0.6 is 0 Å². The molecule has 4 saturated heterocycles. The third kappa shape index (κ3) is 6.42. The van der Waals surface area contributed by atoms with Gasteiger partial charge in [0.2, 0.25) is 0 Å². The zero-order valence-corrected chi connectivity index (χ0v) is 32.3. The van der Waals surface area contributed by atoms with Crippen molar-refractivity contribution in [1.82, 2.24) is 0 Å². The number of hydrogen-bond acceptors (Lipinski definition) is 14. The lowest BCUT2D eigenvalue weighted by Crippen LogP contribution is -2.61. The van der Waals surface area contributed by atoms with Gasteiger partial charge in [-0.05, 0) is 85.4 Å². The van der Waals surface area contributed by atoms with Gasteiger partial charge in [-0.3, -0.25) is 9.59 Å². The number of carbonyl (C=O) groups is 2. The van der Waals surface area contributed by atoms with Crippen LogP contribution in [0.4, 0.5) is 0 Å². The number of hydrogen-bond donors (Lipinski definition) is 5. The summed E-state index contributed by atoms with van der Waals surface area (Å²) >= 11 is 0. The first kappa shape index (κ1) is 39.5. The van der Waals surface area contributed by atoms with Gasteiger partial charge in [0.15, 0.2) is 24.5 Å². The Labute approximate surface area is 317 Å². The Morgan fingerprint density at radius 1 is 0.870 bits per heavy atom. The molecule has 2 unspecified atom stereocenters. The van der Waals surface area contributed by atoms with Gasteiger partial charge in [0.05, 0.1) is 32.0 Å². The van der Waals surface area contributed by atoms with Gasteiger partial charge in [0.25, 0.3) is 0 Å². The molecule has 0 aromatic heterocycles. The molecule has 4 saturated carbocycles. The van der Waals surface area contributed by atoms with Crippen LogP contribution in [0.15, 0.2) is 0 Å². The second kappa shape index (κ2) is 14.5. The van der Waals surface area contributed by atoms with Crippen LogP contribution in [0.3, 0.4) is 0 Å². The molecule has 0 aromatic carbocycles. The molecule has 8 fully saturated rings. The fourth-order valence-electron chi connectivity index (χ4n) is 12.9. The minimum atomic E-state index is -1.62. The Hall–Kier alpha value is -1.30. The van der Waals surface area contributed by atoms with Crippen LogP contribution in [0.5, 0.6) is 0 Å². The van der Waals surface area contributed by atoms with E-state index in [1.165, 1.54) is 0 Å². The van der Waals surface area contributed by atoms with Gasteiger partial charge in [-0.2, -0.15) is 0 Å². The lowest BCUT2D eigenvalue weighted by atomic mass is 9.44. The average molecular weight is 767 g/mol. The van der Waals surface area contributed by atoms with Crippen LogP contribution < -0.4 is 0 Å². The number of ether oxygens (including phenoxy) is 7. The second-order valence-electron chi connectivity index (χ2n) is 18.8. The van der Waals surface area contributed by atoms with Crippen LogP contribution in [-0.2, 0) is 42.7 Å². The van der Waals surface area contributed by atoms with Crippen molar-refractivity contribution in [2.75, 3.05) is 19.8 Å². The molecule has 4 aliphatic carbocycles. The SMILES string of the molecule is CC(=O)O[C@H]1[C@H](OC[C@H]2O[C@@H](O[C@H]3CC[C@@]4(C)[C@H](C3)C(=O)C[C@@H]3[C@@H]4CC[C@]4(C)C5C(C[C@@H]34)O[C@]3(CC[C@@H](C)CO3)[C@H]5C)[C@H](O)[C@@H](O)[C@@H]2O)OC[C@H](O)[C@@H]1O. The maximum Gasteiger partial charge on any atom is 0.303 e. The van der Waals surface area contributed by atoms with E-state index in [2.05, 4.69) is 27.7 Å². The molecular weight excluding hydrogens is 704 g/mol. The zero-order chi connectivity index (χ0) is 38.5. The van der Waals surface area contributed by atoms with Gasteiger partial charge in [-0.1, -0.05) is 27.7 Å². The molecule has 8 rings (SSSR count). The zero-order valence-electron chi connectivity index (χ0n) is 32.3. The largest absolute Gasteiger partial charge is 0.454 e. The molecule has 14 nitrogen and oxygen atoms in total. The summed E-state index contributed by atoms with van der Waals surface area (Å²) in [5.41, 5.74) is -0.0689. The van der Waals surface area contributed by atoms with E-state index in [0.717, 1.165) is 52.1 Å². The number of rotatable bonds is 6. The summed E-state index contributed by atoms with van der Waals surface area (Å²) in [6.07, 6.45) is -5.09. The summed E-state index contributed by atoms with van der Waals surface area (Å²) in [7, 11) is 0. The van der Waals surface area contributed by atoms with E-state index >= 15 is 0 Å². The van der Waals surface area contributed by atoms with E-state index in [-0.39, 0.29) is 41.8 Å². The van der Waals surface area contributed by atoms with Crippen LogP contribution in [-0.4, -0.2) is 130 Å². The minimum absolute atomic E-state index is 0.108. The first-order valence-electron chi connectivity index (χ1n) is 20.5. The molecule has 0 bridgehead atoms. The van der Waals surface area contributed by atoms with E-state index in [4.69, 9.17) is 33.2 Å². The Morgan fingerprint density at radius 3 is 2.35 bits per heavy atom. The highest BCUT2D eigenvalue weighted by Crippen LogP contribution is 2.71. The van der Waals surface area contributed by atoms with Crippen molar-refractivity contribution in [1.29, 1.82) is 0 Å². The fourth-order valence-corrected chi connectivity index (χ4v) is 12.9. The monoisotopic (exact) mass is 766 g/mol. The first-order chi connectivity index (χ1) is 25.6. The third-order valence-corrected chi connectivity index (χ3v) is 15.8. The van der Waals surface area contributed by atoms with E-state index < -0.39 is 73.2 Å². The van der Waals surface area contributed by atoms with Gasteiger partial charge in [-0.15, -0.1) is 0 Å². The molecule has 0 aromatic rings. The number of fused-ring (bicyclic) bond motifs is 7. The summed E-state index contributed by atoms with van der Waals surface area (Å²) < 4.78 is 42.0. The fraction of sp³-hybridized carbons (Fsp3) is 0.950. The molecular formula is C40H62O14. The number of esters is 1. The molecule has 306 valence electrons. The summed E-state index contributed by atoms with van der Waals surface area (Å²) in [5.74, 6) is 1.37. The highest BCUT2D eigenvalue weighted by molar-refractivity contribution is 5.83. The number of ketones is 1. The Morgan fingerprint density at radius 2 is 1.63 bits per heavy atom. The molecule has 14 heteroatoms. The third-order valence-electron chi connectivity index (χ3n) is 15.8. The van der Waals surface area contributed by atoms with E-state index in [9.17, 15) is 35.1 Å². The van der Waals surface area contributed by atoms with Crippen LogP contribution in [0.2, 0.25) is 0 Å². The average Bonchev–Trinajstić information content (AvgIpc) is 3.58. The first-order valence-corrected chi connectivity index (χ1v) is 20.5. The number of Topliss-reactive ketones (excluding diaryl/α,β-unsaturated/α-hetero) is 1. The maximum atomic E-state index is 14.2. The number of aliphatic hydroxyl groups is 5. The van der Waals surface area contributed by atoms with Crippen LogP contribution in [0, 0.1) is 52.3 Å². The molecule has 0 radical (unpaired) electrons. The minimum Gasteiger partial charge on any atom is -0.454 e. The molecule has 1 spiro atoms. The summed E-state index contributed by atoms with van der Waals surface area (Å²) in [5, 5.41) is 52.9. The number of aliphatic hydroxyl groups excluding tert-OH is 5. The van der Waals surface area contributed by atoms with Gasteiger partial charge in [0.1, 0.15) is 42.4 Å². The Bertz CT molecular complexity index is 1400. The van der Waals surface area contributed by atoms with Crippen LogP contribution in [0.1, 0.15) is 92.4 Å². The standard InChI is InChI=1S/C40H62O14/c1-18-6-11-40(50-15-18)19(2)30-28(54-40)14-24-22-13-26(42)25-12-21(7-9-38(25,4)23(22)8-10-39(24,30)5)52-36-34(47)33(46)32(45)29(53-36)17-49-37-35(51-20(3)41)31(44)27(43)16-48-37/h18-19,21-25,27-37,43-47H,6-17H2,1-5H3/t18-,19+,21+,22-,23+,24+,25-,27+,28?,29-,30?,31+,32-,33+,34-,35-,36-,37+,38-,39+,40-/m1/s1. The normalized spacial score (nSPS) is 55.8. The van der Waals surface area contributed by atoms with E-state index in [1.807, 2.05) is 0 Å². The molecule has 4 aliphatic heterocycles. The lowest BCUT2D eigenvalue weighted by molar-refractivity contribution is -0.330. The molecule has 8 aliphatic rings. The maximum absolute atomic E-state index is 14.2. The van der Waals surface area contributed by atoms with Crippen molar-refractivity contribution < 1.29 is 68.3 Å². The molecule has 54 heavy (non-hydrogen) atoms.